The molecule has 0 radical (unpaired) electrons. The third kappa shape index (κ3) is 49.2. The number of carbonyl (C=O) groups is 2. The minimum Gasteiger partial charge on any atom is -0.456 e. The van der Waals surface area contributed by atoms with Crippen LogP contribution in [-0.2, 0) is 27.9 Å². The summed E-state index contributed by atoms with van der Waals surface area (Å²) in [4.78, 5) is 37.5. The molecule has 0 fully saturated rings. The lowest BCUT2D eigenvalue weighted by Gasteiger charge is -2.27. The van der Waals surface area contributed by atoms with E-state index in [-0.39, 0.29) is 25.1 Å². The van der Waals surface area contributed by atoms with Crippen molar-refractivity contribution in [3.63, 3.8) is 0 Å². The maximum Gasteiger partial charge on any atom is 0.472 e. The zero-order valence-corrected chi connectivity index (χ0v) is 46.5. The second kappa shape index (κ2) is 48.8. The van der Waals surface area contributed by atoms with Crippen molar-refractivity contribution in [3.8, 4) is 0 Å². The van der Waals surface area contributed by atoms with Crippen LogP contribution in [0.1, 0.15) is 271 Å². The van der Waals surface area contributed by atoms with Crippen molar-refractivity contribution in [2.75, 3.05) is 40.9 Å². The van der Waals surface area contributed by atoms with Gasteiger partial charge in [0.1, 0.15) is 19.3 Å². The Morgan fingerprint density at radius 3 is 1.35 bits per heavy atom. The van der Waals surface area contributed by atoms with E-state index in [9.17, 15) is 19.0 Å². The number of carbonyl (C=O) groups excluding carboxylic acids is 2. The molecule has 0 aromatic heterocycles. The van der Waals surface area contributed by atoms with E-state index in [0.29, 0.717) is 23.9 Å². The number of phosphoric acid groups is 1. The van der Waals surface area contributed by atoms with Crippen molar-refractivity contribution in [2.45, 2.75) is 283 Å². The first-order valence-corrected chi connectivity index (χ1v) is 30.3. The van der Waals surface area contributed by atoms with Gasteiger partial charge in [-0.1, -0.05) is 231 Å². The van der Waals surface area contributed by atoms with Crippen molar-refractivity contribution < 1.29 is 37.3 Å². The Morgan fingerprint density at radius 1 is 0.515 bits per heavy atom. The molecule has 2 N–H and O–H groups in total. The maximum atomic E-state index is 13.5. The van der Waals surface area contributed by atoms with E-state index in [4.69, 9.17) is 13.8 Å². The first-order chi connectivity index (χ1) is 32.9. The van der Waals surface area contributed by atoms with E-state index in [1.54, 1.807) is 0 Å². The highest BCUT2D eigenvalue weighted by atomic mass is 31.2. The molecule has 0 saturated heterocycles. The van der Waals surface area contributed by atoms with Crippen molar-refractivity contribution in [3.05, 3.63) is 36.5 Å². The number of unbranched alkanes of at least 4 members (excludes halogenated alkanes) is 32. The van der Waals surface area contributed by atoms with Gasteiger partial charge >= 0.3 is 13.8 Å². The average Bonchev–Trinajstić information content (AvgIpc) is 3.29. The van der Waals surface area contributed by atoms with Gasteiger partial charge < -0.3 is 19.4 Å². The maximum absolute atomic E-state index is 13.5. The quantitative estimate of drug-likeness (QED) is 0.0205. The second-order valence-electron chi connectivity index (χ2n) is 20.8. The molecule has 0 bridgehead atoms. The van der Waals surface area contributed by atoms with E-state index in [2.05, 4.69) is 50.4 Å². The summed E-state index contributed by atoms with van der Waals surface area (Å²) in [6, 6.07) is -0.847. The van der Waals surface area contributed by atoms with Gasteiger partial charge in [0.2, 0.25) is 5.91 Å². The van der Waals surface area contributed by atoms with Crippen LogP contribution in [0.15, 0.2) is 36.5 Å². The number of quaternary nitrogens is 1. The van der Waals surface area contributed by atoms with Crippen LogP contribution in [0.25, 0.3) is 0 Å². The molecule has 9 nitrogen and oxygen atoms in total. The summed E-state index contributed by atoms with van der Waals surface area (Å²) >= 11 is 0. The number of nitrogens with one attached hydrogen (secondary N) is 1. The highest BCUT2D eigenvalue weighted by molar-refractivity contribution is 7.47. The number of nitrogens with zero attached hydrogens (tertiary/aromatic N) is 1. The summed E-state index contributed by atoms with van der Waals surface area (Å²) < 4.78 is 30.6. The Kier molecular flexibility index (Phi) is 47.6. The van der Waals surface area contributed by atoms with Gasteiger partial charge in [-0.15, -0.1) is 0 Å². The number of allylic oxidation sites excluding steroid dienone is 5. The number of phosphoric ester groups is 1. The van der Waals surface area contributed by atoms with Crippen molar-refractivity contribution in [2.24, 2.45) is 0 Å². The minimum absolute atomic E-state index is 0.0404. The molecule has 0 aromatic rings. The largest absolute Gasteiger partial charge is 0.472 e. The van der Waals surface area contributed by atoms with Crippen LogP contribution in [0.2, 0.25) is 0 Å². The van der Waals surface area contributed by atoms with Gasteiger partial charge in [-0.3, -0.25) is 18.6 Å². The summed E-state index contributed by atoms with van der Waals surface area (Å²) in [5.41, 5.74) is 0. The number of amides is 1. The SMILES string of the molecule is CCCCC/C=C\C/C=C\CCCCCCCCCC(=O)NC(COP(=O)(O)OCC[N+](C)(C)C)C(/C=C/CCCCCCCCCCC)OC(=O)CCCCCCCCCCCCCCCC. The van der Waals surface area contributed by atoms with Crippen molar-refractivity contribution in [1.82, 2.24) is 5.32 Å². The molecule has 0 spiro atoms. The molecule has 0 aliphatic carbocycles. The zero-order valence-electron chi connectivity index (χ0n) is 45.6. The van der Waals surface area contributed by atoms with Crippen LogP contribution in [0.4, 0.5) is 0 Å². The van der Waals surface area contributed by atoms with Gasteiger partial charge in [0.25, 0.3) is 0 Å². The number of esters is 1. The third-order valence-corrected chi connectivity index (χ3v) is 13.8. The van der Waals surface area contributed by atoms with Crippen LogP contribution >= 0.6 is 7.82 Å². The lowest BCUT2D eigenvalue weighted by Crippen LogP contribution is -2.47. The summed E-state index contributed by atoms with van der Waals surface area (Å²) in [6.45, 7) is 6.99. The molecule has 0 aliphatic heterocycles. The van der Waals surface area contributed by atoms with E-state index in [1.807, 2.05) is 33.3 Å². The number of hydrogen-bond acceptors (Lipinski definition) is 6. The molecule has 0 heterocycles. The number of likely N-dealkylation sites (N-methyl/N-ethyl adjacent to an activating group) is 1. The Hall–Kier alpha value is -1.77. The Labute approximate surface area is 421 Å². The van der Waals surface area contributed by atoms with Crippen LogP contribution in [0, 0.1) is 0 Å². The number of ether oxygens (including phenoxy) is 1. The predicted molar refractivity (Wildman–Crippen MR) is 291 cm³/mol. The van der Waals surface area contributed by atoms with Crippen LogP contribution in [-0.4, -0.2) is 74.3 Å². The highest BCUT2D eigenvalue weighted by Crippen LogP contribution is 2.43. The van der Waals surface area contributed by atoms with Crippen LogP contribution in [0.5, 0.6) is 0 Å². The first-order valence-electron chi connectivity index (χ1n) is 28.8. The van der Waals surface area contributed by atoms with E-state index in [1.165, 1.54) is 161 Å². The Bertz CT molecular complexity index is 1270. The summed E-state index contributed by atoms with van der Waals surface area (Å²) in [6.07, 6.45) is 57.0. The molecule has 400 valence electrons. The highest BCUT2D eigenvalue weighted by Gasteiger charge is 2.30. The molecule has 3 atom stereocenters. The van der Waals surface area contributed by atoms with Gasteiger partial charge in [-0.05, 0) is 63.9 Å². The summed E-state index contributed by atoms with van der Waals surface area (Å²) in [5.74, 6) is -0.506. The second-order valence-corrected chi connectivity index (χ2v) is 22.3. The predicted octanol–water partition coefficient (Wildman–Crippen LogP) is 17.2. The first kappa shape index (κ1) is 66.2. The topological polar surface area (TPSA) is 111 Å². The average molecular weight is 981 g/mol. The van der Waals surface area contributed by atoms with E-state index >= 15 is 0 Å². The van der Waals surface area contributed by atoms with Gasteiger partial charge in [0, 0.05) is 12.8 Å². The van der Waals surface area contributed by atoms with Crippen LogP contribution in [0.3, 0.4) is 0 Å². The van der Waals surface area contributed by atoms with Crippen molar-refractivity contribution in [1.29, 1.82) is 0 Å². The Balaban J connectivity index is 5.31. The fraction of sp³-hybridized carbons (Fsp3) is 0.862. The summed E-state index contributed by atoms with van der Waals surface area (Å²) in [5, 5.41) is 3.05. The van der Waals surface area contributed by atoms with Gasteiger partial charge in [0.05, 0.1) is 33.8 Å². The molecule has 0 saturated carbocycles. The molecule has 68 heavy (non-hydrogen) atoms. The molecule has 0 rings (SSSR count). The van der Waals surface area contributed by atoms with Gasteiger partial charge in [-0.25, -0.2) is 4.57 Å². The molecular weight excluding hydrogens is 868 g/mol. The standard InChI is InChI=1S/C58H111N2O7P/c1-7-10-13-16-19-22-25-27-29-30-31-32-35-38-41-44-47-50-57(61)59-55(54-66-68(63,64)65-53-52-60(4,5)6)56(49-46-43-40-37-34-24-21-18-15-12-9-3)67-58(62)51-48-45-42-39-36-33-28-26-23-20-17-14-11-8-2/h19,22,27,29,46,49,55-56H,7-18,20-21,23-26,28,30-45,47-48,50-54H2,1-6H3,(H-,59,61,63,64)/p+1/b22-19-,29-27-,49-46+. The molecule has 0 aliphatic rings. The van der Waals surface area contributed by atoms with Gasteiger partial charge in [0.15, 0.2) is 0 Å². The monoisotopic (exact) mass is 980 g/mol. The fourth-order valence-corrected chi connectivity index (χ4v) is 9.06. The van der Waals surface area contributed by atoms with E-state index < -0.39 is 20.0 Å². The molecule has 10 heteroatoms. The van der Waals surface area contributed by atoms with Gasteiger partial charge in [-0.2, -0.15) is 0 Å². The Morgan fingerprint density at radius 2 is 0.897 bits per heavy atom. The number of hydrogen-bond donors (Lipinski definition) is 2. The van der Waals surface area contributed by atoms with E-state index in [0.717, 1.165) is 77.0 Å². The smallest absolute Gasteiger partial charge is 0.456 e. The minimum atomic E-state index is -4.44. The number of rotatable bonds is 52. The van der Waals surface area contributed by atoms with Crippen molar-refractivity contribution >= 4 is 19.7 Å². The fourth-order valence-electron chi connectivity index (χ4n) is 8.32. The molecular formula is C58H112N2O7P+. The van der Waals surface area contributed by atoms with Crippen LogP contribution < -0.4 is 5.32 Å². The normalized spacial score (nSPS) is 14.0. The lowest BCUT2D eigenvalue weighted by atomic mass is 10.0. The molecule has 0 aromatic carbocycles. The zero-order chi connectivity index (χ0) is 50.1. The molecule has 3 unspecified atom stereocenters. The summed E-state index contributed by atoms with van der Waals surface area (Å²) in [7, 11) is 1.50. The lowest BCUT2D eigenvalue weighted by molar-refractivity contribution is -0.870. The molecule has 1 amide bonds. The third-order valence-electron chi connectivity index (χ3n) is 12.8.